The van der Waals surface area contributed by atoms with E-state index in [1.165, 1.54) is 24.2 Å². The van der Waals surface area contributed by atoms with Crippen molar-refractivity contribution in [3.63, 3.8) is 0 Å². The van der Waals surface area contributed by atoms with Gasteiger partial charge in [0.2, 0.25) is 0 Å². The minimum Gasteiger partial charge on any atom is -0.374 e. The van der Waals surface area contributed by atoms with Crippen molar-refractivity contribution in [1.29, 1.82) is 0 Å². The Bertz CT molecular complexity index is 288. The molecule has 0 unspecified atom stereocenters. The Morgan fingerprint density at radius 2 is 1.93 bits per heavy atom. The minimum atomic E-state index is 0.700. The molecule has 1 aliphatic heterocycles. The zero-order chi connectivity index (χ0) is 10.1. The summed E-state index contributed by atoms with van der Waals surface area (Å²) in [7, 11) is 2.20. The van der Waals surface area contributed by atoms with Crippen LogP contribution in [0.1, 0.15) is 31.7 Å². The van der Waals surface area contributed by atoms with Crippen molar-refractivity contribution in [3.8, 4) is 0 Å². The molecule has 1 nitrogen and oxygen atoms in total. The van der Waals surface area contributed by atoms with Gasteiger partial charge in [-0.1, -0.05) is 32.0 Å². The number of nitrogens with zero attached hydrogens (tertiary/aromatic N) is 1. The maximum absolute atomic E-state index is 2.39. The third kappa shape index (κ3) is 1.63. The van der Waals surface area contributed by atoms with Gasteiger partial charge in [-0.3, -0.25) is 0 Å². The molecule has 14 heavy (non-hydrogen) atoms. The molecule has 0 bridgehead atoms. The molecule has 0 aromatic heterocycles. The van der Waals surface area contributed by atoms with Gasteiger partial charge in [0.15, 0.2) is 0 Å². The molecule has 0 saturated heterocycles. The van der Waals surface area contributed by atoms with E-state index in [1.807, 2.05) is 0 Å². The van der Waals surface area contributed by atoms with Gasteiger partial charge in [-0.05, 0) is 29.9 Å². The fourth-order valence-corrected chi connectivity index (χ4v) is 2.62. The molecule has 0 amide bonds. The van der Waals surface area contributed by atoms with Crippen LogP contribution >= 0.6 is 0 Å². The standard InChI is InChI=1S/C13H19N/c1-10-8-11(2)12-6-4-5-7-13(12)14(3)9-10/h4-7,10-11H,8-9H2,1-3H3/t10-,11+/m1/s1. The summed E-state index contributed by atoms with van der Waals surface area (Å²) >= 11 is 0. The summed E-state index contributed by atoms with van der Waals surface area (Å²) < 4.78 is 0. The summed E-state index contributed by atoms with van der Waals surface area (Å²) in [5, 5.41) is 0. The van der Waals surface area contributed by atoms with Crippen molar-refractivity contribution in [1.82, 2.24) is 0 Å². The maximum atomic E-state index is 2.39. The number of rotatable bonds is 0. The molecule has 1 aromatic rings. The molecular weight excluding hydrogens is 170 g/mol. The normalized spacial score (nSPS) is 26.9. The molecule has 1 heterocycles. The molecule has 0 radical (unpaired) electrons. The van der Waals surface area contributed by atoms with E-state index in [9.17, 15) is 0 Å². The fourth-order valence-electron chi connectivity index (χ4n) is 2.62. The van der Waals surface area contributed by atoms with Crippen LogP contribution < -0.4 is 4.90 Å². The monoisotopic (exact) mass is 189 g/mol. The lowest BCUT2D eigenvalue weighted by atomic mass is 9.92. The molecule has 0 N–H and O–H groups in total. The van der Waals surface area contributed by atoms with Crippen LogP contribution in [-0.4, -0.2) is 13.6 Å². The van der Waals surface area contributed by atoms with Crippen LogP contribution in [0.4, 0.5) is 5.69 Å². The number of anilines is 1. The molecule has 2 rings (SSSR count). The highest BCUT2D eigenvalue weighted by Gasteiger charge is 2.21. The van der Waals surface area contributed by atoms with Crippen molar-refractivity contribution in [3.05, 3.63) is 29.8 Å². The Kier molecular flexibility index (Phi) is 2.49. The molecule has 2 atom stereocenters. The highest BCUT2D eigenvalue weighted by molar-refractivity contribution is 5.55. The van der Waals surface area contributed by atoms with Crippen LogP contribution in [0.5, 0.6) is 0 Å². The van der Waals surface area contributed by atoms with Crippen LogP contribution in [0.2, 0.25) is 0 Å². The Morgan fingerprint density at radius 1 is 1.21 bits per heavy atom. The van der Waals surface area contributed by atoms with E-state index in [0.717, 1.165) is 5.92 Å². The summed E-state index contributed by atoms with van der Waals surface area (Å²) in [6.07, 6.45) is 1.31. The Balaban J connectivity index is 2.42. The lowest BCUT2D eigenvalue weighted by molar-refractivity contribution is 0.502. The van der Waals surface area contributed by atoms with Crippen molar-refractivity contribution in [2.45, 2.75) is 26.2 Å². The van der Waals surface area contributed by atoms with Gasteiger partial charge in [-0.2, -0.15) is 0 Å². The first-order valence-corrected chi connectivity index (χ1v) is 5.48. The zero-order valence-electron chi connectivity index (χ0n) is 9.33. The molecule has 76 valence electrons. The molecule has 1 aliphatic rings. The highest BCUT2D eigenvalue weighted by Crippen LogP contribution is 2.34. The summed E-state index contributed by atoms with van der Waals surface area (Å²) in [4.78, 5) is 2.39. The quantitative estimate of drug-likeness (QED) is 0.605. The lowest BCUT2D eigenvalue weighted by Gasteiger charge is -2.21. The van der Waals surface area contributed by atoms with Crippen LogP contribution in [0.15, 0.2) is 24.3 Å². The van der Waals surface area contributed by atoms with Crippen molar-refractivity contribution in [2.75, 3.05) is 18.5 Å². The smallest absolute Gasteiger partial charge is 0.0398 e. The topological polar surface area (TPSA) is 3.24 Å². The minimum absolute atomic E-state index is 0.700. The number of benzene rings is 1. The van der Waals surface area contributed by atoms with Crippen LogP contribution in [0, 0.1) is 5.92 Å². The predicted molar refractivity (Wildman–Crippen MR) is 61.9 cm³/mol. The molecule has 0 fully saturated rings. The molecule has 0 spiro atoms. The molecule has 0 aliphatic carbocycles. The fraction of sp³-hybridized carbons (Fsp3) is 0.538. The van der Waals surface area contributed by atoms with E-state index < -0.39 is 0 Å². The molecule has 1 aromatic carbocycles. The molecule has 0 saturated carbocycles. The van der Waals surface area contributed by atoms with Crippen molar-refractivity contribution >= 4 is 5.69 Å². The van der Waals surface area contributed by atoms with E-state index in [2.05, 4.69) is 50.1 Å². The van der Waals surface area contributed by atoms with Crippen LogP contribution in [0.25, 0.3) is 0 Å². The Labute approximate surface area is 86.7 Å². The average Bonchev–Trinajstić information content (AvgIpc) is 2.26. The van der Waals surface area contributed by atoms with Crippen LogP contribution in [-0.2, 0) is 0 Å². The van der Waals surface area contributed by atoms with Gasteiger partial charge in [-0.15, -0.1) is 0 Å². The summed E-state index contributed by atoms with van der Waals surface area (Å²) in [5.74, 6) is 1.49. The van der Waals surface area contributed by atoms with Gasteiger partial charge >= 0.3 is 0 Å². The lowest BCUT2D eigenvalue weighted by Crippen LogP contribution is -2.22. The first kappa shape index (κ1) is 9.57. The van der Waals surface area contributed by atoms with E-state index in [1.54, 1.807) is 0 Å². The second-order valence-corrected chi connectivity index (χ2v) is 4.68. The number of para-hydroxylation sites is 1. The predicted octanol–water partition coefficient (Wildman–Crippen LogP) is 3.27. The second-order valence-electron chi connectivity index (χ2n) is 4.68. The average molecular weight is 189 g/mol. The SMILES string of the molecule is C[C@@H]1C[C@H](C)c2ccccc2N(C)C1. The van der Waals surface area contributed by atoms with Gasteiger partial charge in [-0.25, -0.2) is 0 Å². The summed E-state index contributed by atoms with van der Waals surface area (Å²) in [6.45, 7) is 5.87. The van der Waals surface area contributed by atoms with Gasteiger partial charge in [0.25, 0.3) is 0 Å². The van der Waals surface area contributed by atoms with E-state index in [4.69, 9.17) is 0 Å². The first-order chi connectivity index (χ1) is 6.68. The van der Waals surface area contributed by atoms with Crippen LogP contribution in [0.3, 0.4) is 0 Å². The van der Waals surface area contributed by atoms with Gasteiger partial charge in [0, 0.05) is 19.3 Å². The van der Waals surface area contributed by atoms with Gasteiger partial charge < -0.3 is 4.90 Å². The number of fused-ring (bicyclic) bond motifs is 1. The molecular formula is C13H19N. The Morgan fingerprint density at radius 3 is 2.71 bits per heavy atom. The second kappa shape index (κ2) is 3.64. The van der Waals surface area contributed by atoms with Gasteiger partial charge in [0.1, 0.15) is 0 Å². The molecule has 1 heteroatoms. The van der Waals surface area contributed by atoms with E-state index in [0.29, 0.717) is 5.92 Å². The number of hydrogen-bond donors (Lipinski definition) is 0. The first-order valence-electron chi connectivity index (χ1n) is 5.48. The van der Waals surface area contributed by atoms with Crippen molar-refractivity contribution < 1.29 is 0 Å². The van der Waals surface area contributed by atoms with E-state index in [-0.39, 0.29) is 0 Å². The zero-order valence-corrected chi connectivity index (χ0v) is 9.33. The summed E-state index contributed by atoms with van der Waals surface area (Å²) in [5.41, 5.74) is 2.93. The summed E-state index contributed by atoms with van der Waals surface area (Å²) in [6, 6.07) is 8.80. The van der Waals surface area contributed by atoms with Crippen molar-refractivity contribution in [2.24, 2.45) is 5.92 Å². The van der Waals surface area contributed by atoms with Gasteiger partial charge in [0.05, 0.1) is 0 Å². The third-order valence-electron chi connectivity index (χ3n) is 3.22. The Hall–Kier alpha value is -0.980. The third-order valence-corrected chi connectivity index (χ3v) is 3.22. The number of hydrogen-bond acceptors (Lipinski definition) is 1. The maximum Gasteiger partial charge on any atom is 0.0398 e. The van der Waals surface area contributed by atoms with E-state index >= 15 is 0 Å². The highest BCUT2D eigenvalue weighted by atomic mass is 15.1. The largest absolute Gasteiger partial charge is 0.374 e.